The molecule has 1 N–H and O–H groups in total. The van der Waals surface area contributed by atoms with Crippen molar-refractivity contribution in [2.75, 3.05) is 44.8 Å². The summed E-state index contributed by atoms with van der Waals surface area (Å²) < 4.78 is 24.2. The summed E-state index contributed by atoms with van der Waals surface area (Å²) in [6.07, 6.45) is 4.11. The second-order valence-corrected chi connectivity index (χ2v) is 6.48. The zero-order valence-electron chi connectivity index (χ0n) is 11.4. The van der Waals surface area contributed by atoms with Crippen LogP contribution in [0.4, 0.5) is 5.82 Å². The molecule has 9 heteroatoms. The van der Waals surface area contributed by atoms with Crippen LogP contribution in [-0.4, -0.2) is 73.0 Å². The minimum Gasteiger partial charge on any atom is -0.372 e. The summed E-state index contributed by atoms with van der Waals surface area (Å²) in [5.74, 6) is 0.286. The van der Waals surface area contributed by atoms with Crippen LogP contribution in [0, 0.1) is 0 Å². The van der Waals surface area contributed by atoms with Gasteiger partial charge < -0.3 is 10.2 Å². The summed E-state index contributed by atoms with van der Waals surface area (Å²) in [4.78, 5) is 21.9. The summed E-state index contributed by atoms with van der Waals surface area (Å²) in [5.41, 5.74) is 0.254. The molecule has 0 saturated carbocycles. The van der Waals surface area contributed by atoms with E-state index in [9.17, 15) is 13.2 Å². The van der Waals surface area contributed by atoms with E-state index in [1.54, 1.807) is 11.9 Å². The number of carbonyl (C=O) groups is 1. The molecule has 0 radical (unpaired) electrons. The van der Waals surface area contributed by atoms with Gasteiger partial charge in [0.15, 0.2) is 0 Å². The van der Waals surface area contributed by atoms with E-state index in [0.717, 1.165) is 0 Å². The van der Waals surface area contributed by atoms with Gasteiger partial charge in [-0.2, -0.15) is 4.31 Å². The highest BCUT2D eigenvalue weighted by Crippen LogP contribution is 2.10. The first kappa shape index (κ1) is 14.7. The van der Waals surface area contributed by atoms with E-state index in [-0.39, 0.29) is 11.6 Å². The molecule has 2 rings (SSSR count). The number of nitrogens with zero attached hydrogens (tertiary/aromatic N) is 4. The lowest BCUT2D eigenvalue weighted by Crippen LogP contribution is -2.50. The van der Waals surface area contributed by atoms with Crippen LogP contribution in [-0.2, 0) is 10.0 Å². The maximum absolute atomic E-state index is 12.3. The van der Waals surface area contributed by atoms with Crippen LogP contribution in [0.2, 0.25) is 0 Å². The number of anilines is 1. The average Bonchev–Trinajstić information content (AvgIpc) is 2.46. The number of hydrogen-bond acceptors (Lipinski definition) is 6. The number of nitrogens with one attached hydrogen (secondary N) is 1. The largest absolute Gasteiger partial charge is 0.372 e. The van der Waals surface area contributed by atoms with E-state index in [1.165, 1.54) is 23.0 Å². The van der Waals surface area contributed by atoms with Crippen LogP contribution in [0.3, 0.4) is 0 Å². The van der Waals surface area contributed by atoms with Gasteiger partial charge in [-0.25, -0.2) is 13.4 Å². The van der Waals surface area contributed by atoms with Crippen LogP contribution < -0.4 is 5.32 Å². The molecule has 1 amide bonds. The minimum absolute atomic E-state index is 0.234. The molecule has 0 spiro atoms. The van der Waals surface area contributed by atoms with Crippen molar-refractivity contribution < 1.29 is 13.2 Å². The standard InChI is InChI=1S/C11H17N5O3S/c1-12-10-8-13-7-9(14-10)11(17)15-3-5-16(6-4-15)20(2,18)19/h7-8H,3-6H2,1-2H3,(H,12,14). The van der Waals surface area contributed by atoms with Crippen LogP contribution in [0.15, 0.2) is 12.4 Å². The van der Waals surface area contributed by atoms with Crippen LogP contribution in [0.1, 0.15) is 10.5 Å². The van der Waals surface area contributed by atoms with E-state index in [0.29, 0.717) is 32.0 Å². The van der Waals surface area contributed by atoms with E-state index in [1.807, 2.05) is 0 Å². The summed E-state index contributed by atoms with van der Waals surface area (Å²) in [7, 11) is -1.50. The lowest BCUT2D eigenvalue weighted by molar-refractivity contribution is 0.0692. The molecular formula is C11H17N5O3S. The van der Waals surface area contributed by atoms with Crippen molar-refractivity contribution in [3.05, 3.63) is 18.1 Å². The number of hydrogen-bond donors (Lipinski definition) is 1. The van der Waals surface area contributed by atoms with Crippen LogP contribution in [0.25, 0.3) is 0 Å². The quantitative estimate of drug-likeness (QED) is 0.788. The van der Waals surface area contributed by atoms with Crippen molar-refractivity contribution in [3.8, 4) is 0 Å². The number of amides is 1. The van der Waals surface area contributed by atoms with Crippen molar-refractivity contribution >= 4 is 21.7 Å². The predicted octanol–water partition coefficient (Wildman–Crippen LogP) is -0.764. The topological polar surface area (TPSA) is 95.5 Å². The van der Waals surface area contributed by atoms with Gasteiger partial charge in [-0.05, 0) is 0 Å². The Balaban J connectivity index is 2.05. The molecule has 2 heterocycles. The third-order valence-electron chi connectivity index (χ3n) is 3.10. The summed E-state index contributed by atoms with van der Waals surface area (Å²) in [6, 6.07) is 0. The SMILES string of the molecule is CNc1cncc(C(=O)N2CCN(S(C)(=O)=O)CC2)n1. The fraction of sp³-hybridized carbons (Fsp3) is 0.545. The molecule has 1 fully saturated rings. The molecule has 1 saturated heterocycles. The second kappa shape index (κ2) is 5.71. The lowest BCUT2D eigenvalue weighted by atomic mass is 10.3. The maximum atomic E-state index is 12.3. The van der Waals surface area contributed by atoms with Gasteiger partial charge in [-0.1, -0.05) is 0 Å². The van der Waals surface area contributed by atoms with Gasteiger partial charge >= 0.3 is 0 Å². The molecule has 0 atom stereocenters. The molecule has 0 aromatic carbocycles. The Bertz CT molecular complexity index is 596. The molecule has 0 aliphatic carbocycles. The van der Waals surface area contributed by atoms with Crippen molar-refractivity contribution in [2.24, 2.45) is 0 Å². The third kappa shape index (κ3) is 3.23. The van der Waals surface area contributed by atoms with Gasteiger partial charge in [0.25, 0.3) is 5.91 Å². The molecule has 1 aliphatic heterocycles. The highest BCUT2D eigenvalue weighted by Gasteiger charge is 2.27. The summed E-state index contributed by atoms with van der Waals surface area (Å²) in [5, 5.41) is 2.82. The Morgan fingerprint density at radius 3 is 2.45 bits per heavy atom. The van der Waals surface area contributed by atoms with Crippen molar-refractivity contribution in [1.82, 2.24) is 19.2 Å². The average molecular weight is 299 g/mol. The molecule has 1 aromatic heterocycles. The van der Waals surface area contributed by atoms with Crippen molar-refractivity contribution in [1.29, 1.82) is 0 Å². The van der Waals surface area contributed by atoms with Gasteiger partial charge in [0.05, 0.1) is 18.6 Å². The van der Waals surface area contributed by atoms with E-state index >= 15 is 0 Å². The van der Waals surface area contributed by atoms with Gasteiger partial charge in [0.2, 0.25) is 10.0 Å². The van der Waals surface area contributed by atoms with Gasteiger partial charge in [-0.15, -0.1) is 0 Å². The normalized spacial score (nSPS) is 17.0. The Labute approximate surface area is 117 Å². The fourth-order valence-corrected chi connectivity index (χ4v) is 2.80. The predicted molar refractivity (Wildman–Crippen MR) is 73.9 cm³/mol. The smallest absolute Gasteiger partial charge is 0.274 e. The fourth-order valence-electron chi connectivity index (χ4n) is 1.97. The third-order valence-corrected chi connectivity index (χ3v) is 4.41. The molecule has 8 nitrogen and oxygen atoms in total. The molecule has 20 heavy (non-hydrogen) atoms. The Hall–Kier alpha value is -1.74. The molecule has 110 valence electrons. The zero-order chi connectivity index (χ0) is 14.8. The summed E-state index contributed by atoms with van der Waals surface area (Å²) >= 11 is 0. The number of carbonyl (C=O) groups excluding carboxylic acids is 1. The summed E-state index contributed by atoms with van der Waals surface area (Å²) in [6.45, 7) is 1.34. The lowest BCUT2D eigenvalue weighted by Gasteiger charge is -2.33. The molecule has 0 unspecified atom stereocenters. The number of piperazine rings is 1. The highest BCUT2D eigenvalue weighted by atomic mass is 32.2. The zero-order valence-corrected chi connectivity index (χ0v) is 12.2. The number of rotatable bonds is 3. The Kier molecular flexibility index (Phi) is 4.19. The monoisotopic (exact) mass is 299 g/mol. The van der Waals surface area contributed by atoms with Gasteiger partial charge in [0.1, 0.15) is 11.5 Å². The molecule has 1 aromatic rings. The first-order valence-electron chi connectivity index (χ1n) is 6.16. The van der Waals surface area contributed by atoms with E-state index < -0.39 is 10.0 Å². The first-order valence-corrected chi connectivity index (χ1v) is 8.01. The molecular weight excluding hydrogens is 282 g/mol. The Morgan fingerprint density at radius 2 is 1.90 bits per heavy atom. The van der Waals surface area contributed by atoms with E-state index in [4.69, 9.17) is 0 Å². The number of aromatic nitrogens is 2. The number of sulfonamides is 1. The minimum atomic E-state index is -3.19. The van der Waals surface area contributed by atoms with Gasteiger partial charge in [-0.3, -0.25) is 9.78 Å². The Morgan fingerprint density at radius 1 is 1.25 bits per heavy atom. The molecule has 1 aliphatic rings. The molecule has 0 bridgehead atoms. The van der Waals surface area contributed by atoms with E-state index in [2.05, 4.69) is 15.3 Å². The second-order valence-electron chi connectivity index (χ2n) is 4.49. The highest BCUT2D eigenvalue weighted by molar-refractivity contribution is 7.88. The van der Waals surface area contributed by atoms with Gasteiger partial charge in [0, 0.05) is 33.2 Å². The van der Waals surface area contributed by atoms with Crippen molar-refractivity contribution in [3.63, 3.8) is 0 Å². The maximum Gasteiger partial charge on any atom is 0.274 e. The first-order chi connectivity index (χ1) is 9.41. The van der Waals surface area contributed by atoms with Crippen LogP contribution >= 0.6 is 0 Å². The van der Waals surface area contributed by atoms with Crippen LogP contribution in [0.5, 0.6) is 0 Å². The van der Waals surface area contributed by atoms with Crippen molar-refractivity contribution in [2.45, 2.75) is 0 Å².